The molecule has 0 unspecified atom stereocenters. The molecule has 4 nitrogen and oxygen atoms in total. The van der Waals surface area contributed by atoms with Gasteiger partial charge in [-0.1, -0.05) is 18.2 Å². The molecule has 1 aliphatic heterocycles. The zero-order valence-electron chi connectivity index (χ0n) is 11.5. The van der Waals surface area contributed by atoms with Gasteiger partial charge in [0, 0.05) is 24.4 Å². The normalized spacial score (nSPS) is 15.6. The van der Waals surface area contributed by atoms with Crippen LogP contribution in [0.4, 0.5) is 0 Å². The van der Waals surface area contributed by atoms with Crippen LogP contribution in [0.3, 0.4) is 0 Å². The highest BCUT2D eigenvalue weighted by Gasteiger charge is 2.18. The third-order valence-corrected chi connectivity index (χ3v) is 4.26. The first-order valence-corrected chi connectivity index (χ1v) is 7.96. The minimum Gasteiger partial charge on any atom is -0.354 e. The maximum Gasteiger partial charge on any atom is 0.239 e. The summed E-state index contributed by atoms with van der Waals surface area (Å²) in [4.78, 5) is 26.4. The van der Waals surface area contributed by atoms with Crippen molar-refractivity contribution in [3.63, 3.8) is 0 Å². The average Bonchev–Trinajstić information content (AvgIpc) is 2.69. The molecule has 0 spiro atoms. The van der Waals surface area contributed by atoms with E-state index in [0.717, 1.165) is 18.6 Å². The predicted molar refractivity (Wildman–Crippen MR) is 80.6 cm³/mol. The summed E-state index contributed by atoms with van der Waals surface area (Å²) in [5.41, 5.74) is 0. The molecule has 1 aromatic rings. The summed E-state index contributed by atoms with van der Waals surface area (Å²) in [5, 5.41) is 2.78. The van der Waals surface area contributed by atoms with E-state index in [2.05, 4.69) is 17.4 Å². The number of benzene rings is 1. The molecule has 1 aromatic carbocycles. The van der Waals surface area contributed by atoms with E-state index >= 15 is 0 Å². The Bertz CT molecular complexity index is 450. The number of nitrogens with one attached hydrogen (secondary N) is 1. The van der Waals surface area contributed by atoms with E-state index in [4.69, 9.17) is 0 Å². The smallest absolute Gasteiger partial charge is 0.239 e. The molecule has 1 heterocycles. The van der Waals surface area contributed by atoms with Crippen LogP contribution in [0.5, 0.6) is 0 Å². The van der Waals surface area contributed by atoms with E-state index in [1.807, 2.05) is 18.2 Å². The second-order valence-electron chi connectivity index (χ2n) is 4.78. The Morgan fingerprint density at radius 3 is 2.90 bits per heavy atom. The first-order valence-electron chi connectivity index (χ1n) is 6.98. The SMILES string of the molecule is O=C1CN(C(=O)CCCSc2ccccc2)CCCN1. The topological polar surface area (TPSA) is 49.4 Å². The largest absolute Gasteiger partial charge is 0.354 e. The summed E-state index contributed by atoms with van der Waals surface area (Å²) >= 11 is 1.76. The van der Waals surface area contributed by atoms with Gasteiger partial charge in [-0.25, -0.2) is 0 Å². The maximum atomic E-state index is 12.0. The molecular weight excluding hydrogens is 272 g/mol. The Hall–Kier alpha value is -1.49. The lowest BCUT2D eigenvalue weighted by molar-refractivity contribution is -0.135. The third-order valence-electron chi connectivity index (χ3n) is 3.16. The summed E-state index contributed by atoms with van der Waals surface area (Å²) in [6, 6.07) is 10.2. The second kappa shape index (κ2) is 7.94. The molecule has 0 radical (unpaired) electrons. The van der Waals surface area contributed by atoms with E-state index in [0.29, 0.717) is 19.5 Å². The van der Waals surface area contributed by atoms with Crippen molar-refractivity contribution in [3.8, 4) is 0 Å². The lowest BCUT2D eigenvalue weighted by Gasteiger charge is -2.18. The fourth-order valence-corrected chi connectivity index (χ4v) is 2.98. The Kier molecular flexibility index (Phi) is 5.92. The van der Waals surface area contributed by atoms with Crippen molar-refractivity contribution < 1.29 is 9.59 Å². The van der Waals surface area contributed by atoms with Gasteiger partial charge in [-0.15, -0.1) is 11.8 Å². The molecule has 108 valence electrons. The summed E-state index contributed by atoms with van der Waals surface area (Å²) in [5.74, 6) is 0.973. The van der Waals surface area contributed by atoms with Crippen molar-refractivity contribution in [3.05, 3.63) is 30.3 Å². The van der Waals surface area contributed by atoms with Crippen molar-refractivity contribution in [1.82, 2.24) is 10.2 Å². The van der Waals surface area contributed by atoms with Gasteiger partial charge in [0.15, 0.2) is 0 Å². The van der Waals surface area contributed by atoms with E-state index in [1.54, 1.807) is 16.7 Å². The number of thioether (sulfide) groups is 1. The van der Waals surface area contributed by atoms with Crippen molar-refractivity contribution in [2.24, 2.45) is 0 Å². The van der Waals surface area contributed by atoms with Crippen LogP contribution in [0, 0.1) is 0 Å². The van der Waals surface area contributed by atoms with E-state index in [1.165, 1.54) is 4.90 Å². The van der Waals surface area contributed by atoms with Crippen LogP contribution in [0.2, 0.25) is 0 Å². The standard InChI is InChI=1S/C15H20N2O2S/c18-14-12-17(10-5-9-16-14)15(19)8-4-11-20-13-6-2-1-3-7-13/h1-3,6-7H,4-5,8-12H2,(H,16,18). The Labute approximate surface area is 123 Å². The van der Waals surface area contributed by atoms with Crippen molar-refractivity contribution in [1.29, 1.82) is 0 Å². The minimum atomic E-state index is -0.0467. The van der Waals surface area contributed by atoms with Crippen LogP contribution in [-0.4, -0.2) is 42.1 Å². The van der Waals surface area contributed by atoms with Crippen molar-refractivity contribution in [2.75, 3.05) is 25.4 Å². The Morgan fingerprint density at radius 1 is 1.30 bits per heavy atom. The number of carbonyl (C=O) groups is 2. The number of nitrogens with zero attached hydrogens (tertiary/aromatic N) is 1. The van der Waals surface area contributed by atoms with E-state index in [-0.39, 0.29) is 18.4 Å². The lowest BCUT2D eigenvalue weighted by Crippen LogP contribution is -2.37. The number of hydrogen-bond donors (Lipinski definition) is 1. The van der Waals surface area contributed by atoms with Crippen LogP contribution < -0.4 is 5.32 Å². The molecule has 0 aliphatic carbocycles. The Morgan fingerprint density at radius 2 is 2.10 bits per heavy atom. The van der Waals surface area contributed by atoms with Crippen LogP contribution in [-0.2, 0) is 9.59 Å². The predicted octanol–water partition coefficient (Wildman–Crippen LogP) is 1.91. The molecule has 1 aliphatic rings. The molecule has 2 amide bonds. The first kappa shape index (κ1) is 14.9. The third kappa shape index (κ3) is 4.89. The molecule has 20 heavy (non-hydrogen) atoms. The fourth-order valence-electron chi connectivity index (χ4n) is 2.11. The highest BCUT2D eigenvalue weighted by atomic mass is 32.2. The summed E-state index contributed by atoms with van der Waals surface area (Å²) in [6.07, 6.45) is 2.21. The highest BCUT2D eigenvalue weighted by molar-refractivity contribution is 7.99. The fraction of sp³-hybridized carbons (Fsp3) is 0.467. The molecular formula is C15H20N2O2S. The zero-order valence-corrected chi connectivity index (χ0v) is 12.3. The van der Waals surface area contributed by atoms with Gasteiger partial charge in [0.25, 0.3) is 0 Å². The molecule has 0 atom stereocenters. The van der Waals surface area contributed by atoms with Gasteiger partial charge in [-0.05, 0) is 30.7 Å². The minimum absolute atomic E-state index is 0.0467. The molecule has 1 N–H and O–H groups in total. The molecule has 1 saturated heterocycles. The lowest BCUT2D eigenvalue weighted by atomic mass is 10.3. The molecule has 1 fully saturated rings. The van der Waals surface area contributed by atoms with Crippen LogP contribution >= 0.6 is 11.8 Å². The zero-order chi connectivity index (χ0) is 14.2. The Balaban J connectivity index is 1.68. The van der Waals surface area contributed by atoms with Gasteiger partial charge in [-0.3, -0.25) is 9.59 Å². The molecule has 0 aromatic heterocycles. The number of carbonyl (C=O) groups excluding carboxylic acids is 2. The molecule has 0 bridgehead atoms. The molecule has 2 rings (SSSR count). The summed E-state index contributed by atoms with van der Waals surface area (Å²) in [6.45, 7) is 1.57. The van der Waals surface area contributed by atoms with Gasteiger partial charge >= 0.3 is 0 Å². The van der Waals surface area contributed by atoms with Gasteiger partial charge in [0.1, 0.15) is 0 Å². The summed E-state index contributed by atoms with van der Waals surface area (Å²) < 4.78 is 0. The summed E-state index contributed by atoms with van der Waals surface area (Å²) in [7, 11) is 0. The average molecular weight is 292 g/mol. The van der Waals surface area contributed by atoms with E-state index < -0.39 is 0 Å². The van der Waals surface area contributed by atoms with Gasteiger partial charge < -0.3 is 10.2 Å². The number of rotatable bonds is 5. The van der Waals surface area contributed by atoms with Gasteiger partial charge in [0.05, 0.1) is 6.54 Å². The second-order valence-corrected chi connectivity index (χ2v) is 5.95. The molecule has 5 heteroatoms. The van der Waals surface area contributed by atoms with Crippen LogP contribution in [0.25, 0.3) is 0 Å². The van der Waals surface area contributed by atoms with E-state index in [9.17, 15) is 9.59 Å². The highest BCUT2D eigenvalue weighted by Crippen LogP contribution is 2.18. The monoisotopic (exact) mass is 292 g/mol. The molecule has 0 saturated carbocycles. The van der Waals surface area contributed by atoms with Gasteiger partial charge in [-0.2, -0.15) is 0 Å². The number of hydrogen-bond acceptors (Lipinski definition) is 3. The first-order chi connectivity index (χ1) is 9.75. The van der Waals surface area contributed by atoms with Crippen molar-refractivity contribution in [2.45, 2.75) is 24.2 Å². The van der Waals surface area contributed by atoms with Gasteiger partial charge in [0.2, 0.25) is 11.8 Å². The number of amides is 2. The maximum absolute atomic E-state index is 12.0. The van der Waals surface area contributed by atoms with Crippen molar-refractivity contribution >= 4 is 23.6 Å². The quantitative estimate of drug-likeness (QED) is 0.666. The van der Waals surface area contributed by atoms with Crippen LogP contribution in [0.15, 0.2) is 35.2 Å². The van der Waals surface area contributed by atoms with Crippen LogP contribution in [0.1, 0.15) is 19.3 Å².